The molecule has 5 atom stereocenters. The summed E-state index contributed by atoms with van der Waals surface area (Å²) in [5, 5.41) is 7.07. The van der Waals surface area contributed by atoms with Crippen LogP contribution in [-0.2, 0) is 29.1 Å². The summed E-state index contributed by atoms with van der Waals surface area (Å²) in [7, 11) is -2.18. The molecule has 3 saturated carbocycles. The van der Waals surface area contributed by atoms with Gasteiger partial charge >= 0.3 is 6.09 Å². The molecular formula is C31H36FN5O7S2. The van der Waals surface area contributed by atoms with Crippen molar-refractivity contribution in [2.45, 2.75) is 68.3 Å². The lowest BCUT2D eigenvalue weighted by molar-refractivity contribution is -0.140. The van der Waals surface area contributed by atoms with Crippen molar-refractivity contribution in [1.29, 1.82) is 0 Å². The van der Waals surface area contributed by atoms with Crippen LogP contribution >= 0.6 is 11.3 Å². The van der Waals surface area contributed by atoms with Crippen LogP contribution in [0.3, 0.4) is 0 Å². The summed E-state index contributed by atoms with van der Waals surface area (Å²) in [6, 6.07) is 3.86. The fourth-order valence-corrected chi connectivity index (χ4v) is 8.37. The van der Waals surface area contributed by atoms with Gasteiger partial charge in [-0.2, -0.15) is 0 Å². The van der Waals surface area contributed by atoms with Gasteiger partial charge in [-0.15, -0.1) is 11.3 Å². The van der Waals surface area contributed by atoms with Crippen LogP contribution in [0.15, 0.2) is 41.9 Å². The summed E-state index contributed by atoms with van der Waals surface area (Å²) in [5.74, 6) is -4.28. The summed E-state index contributed by atoms with van der Waals surface area (Å²) in [4.78, 5) is 59.7. The Balaban J connectivity index is 1.20. The van der Waals surface area contributed by atoms with E-state index < -0.39 is 68.4 Å². The highest BCUT2D eigenvalue weighted by molar-refractivity contribution is 7.91. The van der Waals surface area contributed by atoms with E-state index in [0.717, 1.165) is 12.8 Å². The first-order chi connectivity index (χ1) is 22.0. The van der Waals surface area contributed by atoms with Gasteiger partial charge in [-0.3, -0.25) is 24.4 Å². The second-order valence-corrected chi connectivity index (χ2v) is 15.3. The molecule has 1 aromatic heterocycles. The number of benzene rings is 1. The van der Waals surface area contributed by atoms with Crippen LogP contribution in [-0.4, -0.2) is 72.6 Å². The molecular weight excluding hydrogens is 638 g/mol. The lowest BCUT2D eigenvalue weighted by Crippen LogP contribution is -2.54. The average molecular weight is 674 g/mol. The van der Waals surface area contributed by atoms with Crippen molar-refractivity contribution in [3.05, 3.63) is 47.7 Å². The molecule has 15 heteroatoms. The van der Waals surface area contributed by atoms with Gasteiger partial charge in [0.15, 0.2) is 0 Å². The highest BCUT2D eigenvalue weighted by Gasteiger charge is 2.62. The van der Waals surface area contributed by atoms with Crippen molar-refractivity contribution in [3.63, 3.8) is 0 Å². The zero-order valence-electron chi connectivity index (χ0n) is 25.2. The van der Waals surface area contributed by atoms with E-state index in [1.54, 1.807) is 23.5 Å². The average Bonchev–Trinajstić information content (AvgIpc) is 3.87. The molecule has 0 saturated heterocycles. The second kappa shape index (κ2) is 12.7. The number of allylic oxidation sites excluding steroid dienone is 1. The number of nitrogens with one attached hydrogen (secondary N) is 3. The third-order valence-corrected chi connectivity index (χ3v) is 11.8. The number of halogens is 1. The topological polar surface area (TPSA) is 164 Å². The van der Waals surface area contributed by atoms with E-state index in [1.165, 1.54) is 29.5 Å². The maximum atomic E-state index is 14.0. The third kappa shape index (κ3) is 6.80. The van der Waals surface area contributed by atoms with Gasteiger partial charge in [0.2, 0.25) is 21.8 Å². The molecule has 2 heterocycles. The van der Waals surface area contributed by atoms with Crippen LogP contribution in [0.4, 0.5) is 14.9 Å². The summed E-state index contributed by atoms with van der Waals surface area (Å²) in [5.41, 5.74) is -0.791. The Bertz CT molecular complexity index is 1660. The molecule has 4 amide bonds. The van der Waals surface area contributed by atoms with Gasteiger partial charge in [-0.05, 0) is 69.6 Å². The molecule has 12 nitrogen and oxygen atoms in total. The largest absolute Gasteiger partial charge is 0.446 e. The molecule has 0 unspecified atom stereocenters. The van der Waals surface area contributed by atoms with E-state index in [2.05, 4.69) is 20.3 Å². The van der Waals surface area contributed by atoms with Crippen LogP contribution in [0.25, 0.3) is 10.6 Å². The number of anilines is 1. The molecule has 3 aliphatic carbocycles. The second-order valence-electron chi connectivity index (χ2n) is 12.5. The molecule has 1 aromatic carbocycles. The molecule has 0 radical (unpaired) electrons. The molecule has 6 rings (SSSR count). The Kier molecular flexibility index (Phi) is 8.89. The Labute approximate surface area is 270 Å². The van der Waals surface area contributed by atoms with Gasteiger partial charge in [0, 0.05) is 36.7 Å². The number of thiazole rings is 1. The molecule has 0 bridgehead atoms. The van der Waals surface area contributed by atoms with Crippen LogP contribution < -0.4 is 15.4 Å². The minimum Gasteiger partial charge on any atom is -0.446 e. The lowest BCUT2D eigenvalue weighted by atomic mass is 9.93. The van der Waals surface area contributed by atoms with Crippen molar-refractivity contribution in [2.75, 3.05) is 18.9 Å². The van der Waals surface area contributed by atoms with Crippen molar-refractivity contribution in [2.24, 2.45) is 17.8 Å². The zero-order chi connectivity index (χ0) is 32.6. The highest BCUT2D eigenvalue weighted by atomic mass is 32.2. The number of sulfonamides is 1. The van der Waals surface area contributed by atoms with E-state index in [4.69, 9.17) is 4.74 Å². The minimum atomic E-state index is -3.85. The molecule has 3 fully saturated rings. The van der Waals surface area contributed by atoms with E-state index in [9.17, 15) is 32.0 Å². The molecule has 1 aliphatic heterocycles. The monoisotopic (exact) mass is 673 g/mol. The first-order valence-electron chi connectivity index (χ1n) is 15.4. The van der Waals surface area contributed by atoms with Gasteiger partial charge in [0.1, 0.15) is 22.5 Å². The highest BCUT2D eigenvalue weighted by Crippen LogP contribution is 2.47. The van der Waals surface area contributed by atoms with Gasteiger partial charge in [-0.25, -0.2) is 22.6 Å². The number of carbonyl (C=O) groups excluding carboxylic acids is 4. The van der Waals surface area contributed by atoms with Crippen LogP contribution in [0.2, 0.25) is 0 Å². The van der Waals surface area contributed by atoms with Crippen molar-refractivity contribution in [1.82, 2.24) is 19.9 Å². The van der Waals surface area contributed by atoms with Gasteiger partial charge in [0.25, 0.3) is 5.91 Å². The number of hydrogen-bond donors (Lipinski definition) is 3. The van der Waals surface area contributed by atoms with Gasteiger partial charge in [-0.1, -0.05) is 12.2 Å². The number of fused-ring (bicyclic) bond motifs is 2. The maximum absolute atomic E-state index is 14.0. The van der Waals surface area contributed by atoms with E-state index in [0.29, 0.717) is 36.4 Å². The van der Waals surface area contributed by atoms with Gasteiger partial charge in [0.05, 0.1) is 22.8 Å². The van der Waals surface area contributed by atoms with Crippen molar-refractivity contribution < 1.29 is 36.7 Å². The van der Waals surface area contributed by atoms with E-state index >= 15 is 0 Å². The summed E-state index contributed by atoms with van der Waals surface area (Å²) in [6.45, 7) is 0.489. The fourth-order valence-electron chi connectivity index (χ4n) is 6.34. The number of nitrogens with zero attached hydrogens (tertiary/aromatic N) is 2. The summed E-state index contributed by atoms with van der Waals surface area (Å²) >= 11 is 1.28. The molecule has 3 N–H and O–H groups in total. The number of hydrogen-bond acceptors (Lipinski definition) is 9. The smallest absolute Gasteiger partial charge is 0.411 e. The Morgan fingerprint density at radius 1 is 1.17 bits per heavy atom. The zero-order valence-corrected chi connectivity index (χ0v) is 26.9. The molecule has 246 valence electrons. The van der Waals surface area contributed by atoms with Crippen LogP contribution in [0.5, 0.6) is 0 Å². The Morgan fingerprint density at radius 2 is 1.96 bits per heavy atom. The molecule has 4 aliphatic rings. The molecule has 0 spiro atoms. The predicted molar refractivity (Wildman–Crippen MR) is 167 cm³/mol. The Hall–Kier alpha value is -3.85. The van der Waals surface area contributed by atoms with Gasteiger partial charge < -0.3 is 15.0 Å². The number of amides is 4. The lowest BCUT2D eigenvalue weighted by Gasteiger charge is -2.26. The first kappa shape index (κ1) is 32.1. The van der Waals surface area contributed by atoms with Crippen LogP contribution in [0.1, 0.15) is 51.4 Å². The summed E-state index contributed by atoms with van der Waals surface area (Å²) in [6.07, 6.45) is 7.22. The number of carbonyl (C=O) groups is 4. The third-order valence-electron chi connectivity index (χ3n) is 9.15. The van der Waals surface area contributed by atoms with Crippen molar-refractivity contribution in [3.8, 4) is 10.6 Å². The number of aromatic nitrogens is 1. The van der Waals surface area contributed by atoms with Crippen LogP contribution in [0, 0.1) is 23.6 Å². The standard InChI is InChI=1S/C31H36FN5O7S2/c1-37-12-5-3-2-4-6-18-17-31(18,29(40)36-46(42,43)21-8-9-21)35-26(38)22-15-20(16-23(22)28(37)39)44-30(41)34-25-10-7-19(32)14-24(25)27-33-11-13-45-27/h4,6-7,10-11,13-14,18,20-23H,2-3,5,8-9,12,15-17H2,1H3,(H,34,41)(H,35,38)(H,36,40)/t18-,20-,22-,23-,31-/m1/s1. The molecule has 46 heavy (non-hydrogen) atoms. The maximum Gasteiger partial charge on any atom is 0.411 e. The number of ether oxygens (including phenoxy) is 1. The SMILES string of the molecule is CN1CCCCC=C[C@@H]2C[C@@]2(C(=O)NS(=O)(=O)C2CC2)NC(=O)[C@@H]2C[C@@H](OC(=O)Nc3ccc(F)cc3-c3nccs3)C[C@H]2C1=O. The quantitative estimate of drug-likeness (QED) is 0.392. The normalized spacial score (nSPS) is 28.3. The predicted octanol–water partition coefficient (Wildman–Crippen LogP) is 3.57. The molecule has 2 aromatic rings. The van der Waals surface area contributed by atoms with E-state index in [1.807, 2.05) is 12.2 Å². The summed E-state index contributed by atoms with van der Waals surface area (Å²) < 4.78 is 47.1. The Morgan fingerprint density at radius 3 is 2.70 bits per heavy atom. The van der Waals surface area contributed by atoms with Crippen molar-refractivity contribution >= 4 is 50.9 Å². The fraction of sp³-hybridized carbons (Fsp3) is 0.516. The number of rotatable bonds is 6. The van der Waals surface area contributed by atoms with E-state index in [-0.39, 0.29) is 30.9 Å². The first-order valence-corrected chi connectivity index (χ1v) is 17.9. The minimum absolute atomic E-state index is 0.0187.